The SMILES string of the molecule is CN1C(=O)c2ccccc2C(C(=O)Nc2ccccn2)C1c1cccs1. The highest BCUT2D eigenvalue weighted by Gasteiger charge is 2.43. The second kappa shape index (κ2) is 6.72. The van der Waals surface area contributed by atoms with Crippen molar-refractivity contribution in [2.75, 3.05) is 12.4 Å². The Bertz CT molecular complexity index is 941. The molecule has 0 fully saturated rings. The van der Waals surface area contributed by atoms with Crippen LogP contribution in [0.2, 0.25) is 0 Å². The van der Waals surface area contributed by atoms with E-state index in [-0.39, 0.29) is 17.9 Å². The predicted octanol–water partition coefficient (Wildman–Crippen LogP) is 3.69. The number of amides is 2. The first-order valence-electron chi connectivity index (χ1n) is 8.28. The molecule has 0 saturated carbocycles. The van der Waals surface area contributed by atoms with Crippen LogP contribution in [0.5, 0.6) is 0 Å². The molecule has 1 aromatic carbocycles. The third kappa shape index (κ3) is 2.78. The molecule has 3 heterocycles. The zero-order valence-corrected chi connectivity index (χ0v) is 14.9. The Morgan fingerprint density at radius 1 is 1.12 bits per heavy atom. The van der Waals surface area contributed by atoms with Crippen molar-refractivity contribution in [3.05, 3.63) is 82.2 Å². The molecule has 130 valence electrons. The highest BCUT2D eigenvalue weighted by atomic mass is 32.1. The van der Waals surface area contributed by atoms with Crippen LogP contribution < -0.4 is 5.32 Å². The molecule has 5 nitrogen and oxygen atoms in total. The van der Waals surface area contributed by atoms with E-state index in [4.69, 9.17) is 0 Å². The monoisotopic (exact) mass is 363 g/mol. The number of fused-ring (bicyclic) bond motifs is 1. The number of thiophene rings is 1. The van der Waals surface area contributed by atoms with E-state index >= 15 is 0 Å². The number of pyridine rings is 1. The van der Waals surface area contributed by atoms with Crippen LogP contribution >= 0.6 is 11.3 Å². The van der Waals surface area contributed by atoms with Crippen LogP contribution in [0.25, 0.3) is 0 Å². The largest absolute Gasteiger partial charge is 0.333 e. The number of carbonyl (C=O) groups excluding carboxylic acids is 2. The summed E-state index contributed by atoms with van der Waals surface area (Å²) in [5, 5.41) is 4.86. The summed E-state index contributed by atoms with van der Waals surface area (Å²) in [5.41, 5.74) is 1.33. The van der Waals surface area contributed by atoms with E-state index in [1.54, 1.807) is 47.7 Å². The Morgan fingerprint density at radius 3 is 2.65 bits per heavy atom. The first-order chi connectivity index (χ1) is 12.7. The van der Waals surface area contributed by atoms with Gasteiger partial charge >= 0.3 is 0 Å². The van der Waals surface area contributed by atoms with Gasteiger partial charge in [0.05, 0.1) is 12.0 Å². The molecule has 1 N–H and O–H groups in total. The molecule has 1 aliphatic heterocycles. The third-order valence-corrected chi connectivity index (χ3v) is 5.56. The standard InChI is InChI=1S/C20H17N3O2S/c1-23-18(15-9-6-12-26-15)17(13-7-2-3-8-14(13)20(23)25)19(24)22-16-10-4-5-11-21-16/h2-12,17-18H,1H3,(H,21,22,24). The summed E-state index contributed by atoms with van der Waals surface area (Å²) in [6, 6.07) is 16.3. The molecule has 2 unspecified atom stereocenters. The van der Waals surface area contributed by atoms with Gasteiger partial charge in [0, 0.05) is 23.7 Å². The average Bonchev–Trinajstić information content (AvgIpc) is 3.19. The maximum absolute atomic E-state index is 13.2. The van der Waals surface area contributed by atoms with Crippen LogP contribution in [-0.4, -0.2) is 28.7 Å². The summed E-state index contributed by atoms with van der Waals surface area (Å²) < 4.78 is 0. The van der Waals surface area contributed by atoms with Crippen LogP contribution in [0, 0.1) is 0 Å². The van der Waals surface area contributed by atoms with E-state index in [0.29, 0.717) is 11.4 Å². The molecule has 2 atom stereocenters. The van der Waals surface area contributed by atoms with Crippen molar-refractivity contribution in [3.63, 3.8) is 0 Å². The number of likely N-dealkylation sites (N-methyl/N-ethyl adjacent to an activating group) is 1. The number of hydrogen-bond donors (Lipinski definition) is 1. The Labute approximate surface area is 155 Å². The smallest absolute Gasteiger partial charge is 0.254 e. The second-order valence-corrected chi connectivity index (χ2v) is 7.12. The number of aromatic nitrogens is 1. The van der Waals surface area contributed by atoms with Gasteiger partial charge in [0.15, 0.2) is 0 Å². The van der Waals surface area contributed by atoms with E-state index in [0.717, 1.165) is 10.4 Å². The molecule has 0 radical (unpaired) electrons. The lowest BCUT2D eigenvalue weighted by Crippen LogP contribution is -2.43. The van der Waals surface area contributed by atoms with E-state index in [1.165, 1.54) is 0 Å². The maximum atomic E-state index is 13.2. The molecule has 2 amide bonds. The molecule has 0 spiro atoms. The Morgan fingerprint density at radius 2 is 1.92 bits per heavy atom. The Kier molecular flexibility index (Phi) is 4.26. The van der Waals surface area contributed by atoms with Crippen molar-refractivity contribution in [2.45, 2.75) is 12.0 Å². The molecule has 3 aromatic rings. The number of nitrogens with one attached hydrogen (secondary N) is 1. The number of carbonyl (C=O) groups is 2. The van der Waals surface area contributed by atoms with Crippen LogP contribution in [0.1, 0.15) is 32.8 Å². The topological polar surface area (TPSA) is 62.3 Å². The molecule has 26 heavy (non-hydrogen) atoms. The van der Waals surface area contributed by atoms with Gasteiger partial charge in [-0.2, -0.15) is 0 Å². The summed E-state index contributed by atoms with van der Waals surface area (Å²) in [5.74, 6) is -0.246. The maximum Gasteiger partial charge on any atom is 0.254 e. The van der Waals surface area contributed by atoms with Gasteiger partial charge in [-0.05, 0) is 35.2 Å². The molecule has 0 aliphatic carbocycles. The fraction of sp³-hybridized carbons (Fsp3) is 0.150. The van der Waals surface area contributed by atoms with E-state index in [2.05, 4.69) is 10.3 Å². The number of hydrogen-bond acceptors (Lipinski definition) is 4. The predicted molar refractivity (Wildman–Crippen MR) is 101 cm³/mol. The van der Waals surface area contributed by atoms with Crippen LogP contribution in [-0.2, 0) is 4.79 Å². The van der Waals surface area contributed by atoms with E-state index in [1.807, 2.05) is 41.8 Å². The van der Waals surface area contributed by atoms with Crippen LogP contribution in [0.3, 0.4) is 0 Å². The number of anilines is 1. The van der Waals surface area contributed by atoms with Gasteiger partial charge in [0.2, 0.25) is 5.91 Å². The molecule has 4 rings (SSSR count). The van der Waals surface area contributed by atoms with E-state index in [9.17, 15) is 9.59 Å². The summed E-state index contributed by atoms with van der Waals surface area (Å²) in [4.78, 5) is 32.9. The van der Waals surface area contributed by atoms with Crippen molar-refractivity contribution in [1.82, 2.24) is 9.88 Å². The van der Waals surface area contributed by atoms with Gasteiger partial charge in [0.1, 0.15) is 5.82 Å². The quantitative estimate of drug-likeness (QED) is 0.772. The van der Waals surface area contributed by atoms with Crippen molar-refractivity contribution in [2.24, 2.45) is 0 Å². The lowest BCUT2D eigenvalue weighted by molar-refractivity contribution is -0.119. The molecule has 0 saturated heterocycles. The lowest BCUT2D eigenvalue weighted by atomic mass is 9.82. The van der Waals surface area contributed by atoms with Crippen molar-refractivity contribution in [1.29, 1.82) is 0 Å². The number of benzene rings is 1. The molecule has 1 aliphatic rings. The third-order valence-electron chi connectivity index (χ3n) is 4.61. The first kappa shape index (κ1) is 16.5. The lowest BCUT2D eigenvalue weighted by Gasteiger charge is -2.38. The van der Waals surface area contributed by atoms with Crippen molar-refractivity contribution >= 4 is 29.0 Å². The van der Waals surface area contributed by atoms with Gasteiger partial charge in [0.25, 0.3) is 5.91 Å². The Balaban J connectivity index is 1.80. The highest BCUT2D eigenvalue weighted by molar-refractivity contribution is 7.10. The number of rotatable bonds is 3. The van der Waals surface area contributed by atoms with Crippen LogP contribution in [0.15, 0.2) is 66.2 Å². The molecule has 0 bridgehead atoms. The summed E-state index contributed by atoms with van der Waals surface area (Å²) in [6.07, 6.45) is 1.64. The summed E-state index contributed by atoms with van der Waals surface area (Å²) >= 11 is 1.55. The molecule has 2 aromatic heterocycles. The zero-order chi connectivity index (χ0) is 18.1. The normalized spacial score (nSPS) is 19.1. The minimum absolute atomic E-state index is 0.0686. The van der Waals surface area contributed by atoms with E-state index < -0.39 is 5.92 Å². The second-order valence-electron chi connectivity index (χ2n) is 6.15. The van der Waals surface area contributed by atoms with Gasteiger partial charge in [-0.1, -0.05) is 30.3 Å². The Hall–Kier alpha value is -2.99. The minimum atomic E-state index is -0.505. The highest BCUT2D eigenvalue weighted by Crippen LogP contribution is 2.43. The molecular formula is C20H17N3O2S. The summed E-state index contributed by atoms with van der Waals surface area (Å²) in [6.45, 7) is 0. The average molecular weight is 363 g/mol. The zero-order valence-electron chi connectivity index (χ0n) is 14.1. The summed E-state index contributed by atoms with van der Waals surface area (Å²) in [7, 11) is 1.75. The van der Waals surface area contributed by atoms with Crippen LogP contribution in [0.4, 0.5) is 5.82 Å². The fourth-order valence-electron chi connectivity index (χ4n) is 3.41. The van der Waals surface area contributed by atoms with Crippen molar-refractivity contribution < 1.29 is 9.59 Å². The first-order valence-corrected chi connectivity index (χ1v) is 9.16. The fourth-order valence-corrected chi connectivity index (χ4v) is 4.32. The van der Waals surface area contributed by atoms with Gasteiger partial charge < -0.3 is 10.2 Å². The molecular weight excluding hydrogens is 346 g/mol. The minimum Gasteiger partial charge on any atom is -0.333 e. The van der Waals surface area contributed by atoms with Crippen molar-refractivity contribution in [3.8, 4) is 0 Å². The number of nitrogens with zero attached hydrogens (tertiary/aromatic N) is 2. The molecule has 6 heteroatoms. The van der Waals surface area contributed by atoms with Gasteiger partial charge in [-0.3, -0.25) is 9.59 Å². The van der Waals surface area contributed by atoms with Gasteiger partial charge in [-0.25, -0.2) is 4.98 Å². The van der Waals surface area contributed by atoms with Gasteiger partial charge in [-0.15, -0.1) is 11.3 Å².